The molecule has 1 aliphatic rings. The summed E-state index contributed by atoms with van der Waals surface area (Å²) in [5.41, 5.74) is 1.90. The second-order valence-electron chi connectivity index (χ2n) is 7.51. The number of carbonyl (C=O) groups is 2. The molecule has 5 heteroatoms. The van der Waals surface area contributed by atoms with Crippen molar-refractivity contribution in [2.75, 3.05) is 18.4 Å². The minimum atomic E-state index is -0.265. The number of hydrogen-bond donors (Lipinski definition) is 2. The van der Waals surface area contributed by atoms with Crippen molar-refractivity contribution in [3.8, 4) is 0 Å². The number of amides is 2. The molecule has 28 heavy (non-hydrogen) atoms. The summed E-state index contributed by atoms with van der Waals surface area (Å²) in [5, 5.41) is 6.08. The zero-order valence-corrected chi connectivity index (χ0v) is 16.6. The van der Waals surface area contributed by atoms with Crippen molar-refractivity contribution < 1.29 is 9.59 Å². The molecule has 0 bridgehead atoms. The van der Waals surface area contributed by atoms with E-state index >= 15 is 0 Å². The van der Waals surface area contributed by atoms with Crippen molar-refractivity contribution in [2.24, 2.45) is 5.92 Å². The zero-order valence-electron chi connectivity index (χ0n) is 16.6. The van der Waals surface area contributed by atoms with Crippen LogP contribution in [0.5, 0.6) is 0 Å². The third-order valence-electron chi connectivity index (χ3n) is 5.45. The van der Waals surface area contributed by atoms with Gasteiger partial charge < -0.3 is 10.6 Å². The van der Waals surface area contributed by atoms with E-state index in [0.717, 1.165) is 30.6 Å². The quantitative estimate of drug-likeness (QED) is 0.806. The van der Waals surface area contributed by atoms with Crippen LogP contribution < -0.4 is 10.6 Å². The molecule has 0 aromatic heterocycles. The highest BCUT2D eigenvalue weighted by atomic mass is 16.2. The van der Waals surface area contributed by atoms with E-state index in [1.165, 1.54) is 0 Å². The molecule has 1 heterocycles. The second-order valence-corrected chi connectivity index (χ2v) is 7.51. The molecule has 5 nitrogen and oxygen atoms in total. The summed E-state index contributed by atoms with van der Waals surface area (Å²) in [5.74, 6) is -0.0719. The van der Waals surface area contributed by atoms with Gasteiger partial charge in [-0.3, -0.25) is 14.5 Å². The number of nitrogens with zero attached hydrogens (tertiary/aromatic N) is 1. The number of nitrogens with one attached hydrogen (secondary N) is 2. The maximum Gasteiger partial charge on any atom is 0.237 e. The van der Waals surface area contributed by atoms with E-state index in [-0.39, 0.29) is 29.8 Å². The van der Waals surface area contributed by atoms with Crippen LogP contribution in [0, 0.1) is 5.92 Å². The monoisotopic (exact) mass is 379 g/mol. The number of carbonyl (C=O) groups excluding carboxylic acids is 2. The maximum absolute atomic E-state index is 12.7. The van der Waals surface area contributed by atoms with E-state index in [1.54, 1.807) is 0 Å². The normalized spacial score (nSPS) is 19.4. The Labute approximate surface area is 167 Å². The highest BCUT2D eigenvalue weighted by Crippen LogP contribution is 2.21. The van der Waals surface area contributed by atoms with Crippen molar-refractivity contribution in [3.05, 3.63) is 66.2 Å². The van der Waals surface area contributed by atoms with Gasteiger partial charge in [0.05, 0.1) is 18.0 Å². The number of para-hydroxylation sites is 1. The first kappa shape index (κ1) is 20.1. The second kappa shape index (κ2) is 9.51. The van der Waals surface area contributed by atoms with Gasteiger partial charge in [-0.05, 0) is 50.9 Å². The summed E-state index contributed by atoms with van der Waals surface area (Å²) in [6, 6.07) is 19.1. The Hall–Kier alpha value is -2.66. The third kappa shape index (κ3) is 5.20. The van der Waals surface area contributed by atoms with Gasteiger partial charge in [0.25, 0.3) is 0 Å². The van der Waals surface area contributed by atoms with Crippen LogP contribution in [0.3, 0.4) is 0 Å². The Bertz CT molecular complexity index is 779. The van der Waals surface area contributed by atoms with Crippen molar-refractivity contribution in [1.82, 2.24) is 10.2 Å². The number of hydrogen-bond acceptors (Lipinski definition) is 3. The average Bonchev–Trinajstić information content (AvgIpc) is 2.74. The molecule has 2 aromatic rings. The summed E-state index contributed by atoms with van der Waals surface area (Å²) in [6.07, 6.45) is 1.77. The molecule has 2 N–H and O–H groups in total. The van der Waals surface area contributed by atoms with Crippen molar-refractivity contribution in [3.63, 3.8) is 0 Å². The van der Waals surface area contributed by atoms with Crippen LogP contribution >= 0.6 is 0 Å². The van der Waals surface area contributed by atoms with E-state index < -0.39 is 0 Å². The van der Waals surface area contributed by atoms with Crippen LogP contribution in [-0.4, -0.2) is 35.8 Å². The lowest BCUT2D eigenvalue weighted by atomic mass is 9.95. The SMILES string of the molecule is C[C@H](NC(=O)[C@@H](C)N1CCC[C@H](C(=O)Nc2ccccc2)C1)c1ccccc1. The summed E-state index contributed by atoms with van der Waals surface area (Å²) in [6.45, 7) is 5.35. The van der Waals surface area contributed by atoms with Gasteiger partial charge in [-0.15, -0.1) is 0 Å². The van der Waals surface area contributed by atoms with Gasteiger partial charge in [-0.1, -0.05) is 48.5 Å². The number of rotatable bonds is 6. The first-order valence-corrected chi connectivity index (χ1v) is 10.00. The van der Waals surface area contributed by atoms with Crippen molar-refractivity contribution in [1.29, 1.82) is 0 Å². The predicted octanol–water partition coefficient (Wildman–Crippen LogP) is 3.60. The van der Waals surface area contributed by atoms with E-state index in [1.807, 2.05) is 74.5 Å². The molecule has 1 aliphatic heterocycles. The van der Waals surface area contributed by atoms with Gasteiger partial charge in [0.15, 0.2) is 0 Å². The standard InChI is InChI=1S/C23H29N3O2/c1-17(19-10-5-3-6-11-19)24-22(27)18(2)26-15-9-12-20(16-26)23(28)25-21-13-7-4-8-14-21/h3-8,10-11,13-14,17-18,20H,9,12,15-16H2,1-2H3,(H,24,27)(H,25,28)/t17-,18+,20-/m0/s1. The van der Waals surface area contributed by atoms with Gasteiger partial charge in [0.2, 0.25) is 11.8 Å². The van der Waals surface area contributed by atoms with Gasteiger partial charge in [-0.2, -0.15) is 0 Å². The van der Waals surface area contributed by atoms with Crippen LogP contribution in [-0.2, 0) is 9.59 Å². The molecular formula is C23H29N3O2. The zero-order chi connectivity index (χ0) is 19.9. The summed E-state index contributed by atoms with van der Waals surface area (Å²) < 4.78 is 0. The molecule has 0 unspecified atom stereocenters. The summed E-state index contributed by atoms with van der Waals surface area (Å²) >= 11 is 0. The highest BCUT2D eigenvalue weighted by Gasteiger charge is 2.31. The highest BCUT2D eigenvalue weighted by molar-refractivity contribution is 5.92. The van der Waals surface area contributed by atoms with Crippen molar-refractivity contribution >= 4 is 17.5 Å². The molecule has 0 spiro atoms. The fourth-order valence-corrected chi connectivity index (χ4v) is 3.66. The van der Waals surface area contributed by atoms with Gasteiger partial charge >= 0.3 is 0 Å². The largest absolute Gasteiger partial charge is 0.348 e. The number of anilines is 1. The molecule has 148 valence electrons. The molecule has 2 amide bonds. The average molecular weight is 380 g/mol. The molecule has 1 saturated heterocycles. The molecule has 0 radical (unpaired) electrons. The smallest absolute Gasteiger partial charge is 0.237 e. The molecule has 2 aromatic carbocycles. The molecule has 3 rings (SSSR count). The molecule has 1 fully saturated rings. The molecule has 0 aliphatic carbocycles. The summed E-state index contributed by atoms with van der Waals surface area (Å²) in [4.78, 5) is 27.5. The van der Waals surface area contributed by atoms with Crippen LogP contribution in [0.4, 0.5) is 5.69 Å². The van der Waals surface area contributed by atoms with Crippen LogP contribution in [0.15, 0.2) is 60.7 Å². The van der Waals surface area contributed by atoms with E-state index in [0.29, 0.717) is 6.54 Å². The fourth-order valence-electron chi connectivity index (χ4n) is 3.66. The first-order chi connectivity index (χ1) is 13.5. The van der Waals surface area contributed by atoms with Crippen LogP contribution in [0.1, 0.15) is 38.3 Å². The molecular weight excluding hydrogens is 350 g/mol. The molecule has 0 saturated carbocycles. The van der Waals surface area contributed by atoms with Gasteiger partial charge in [-0.25, -0.2) is 0 Å². The molecule has 3 atom stereocenters. The Morgan fingerprint density at radius 1 is 1.00 bits per heavy atom. The van der Waals surface area contributed by atoms with Crippen LogP contribution in [0.2, 0.25) is 0 Å². The van der Waals surface area contributed by atoms with Gasteiger partial charge in [0, 0.05) is 12.2 Å². The van der Waals surface area contributed by atoms with E-state index in [9.17, 15) is 9.59 Å². The lowest BCUT2D eigenvalue weighted by Gasteiger charge is -2.35. The third-order valence-corrected chi connectivity index (χ3v) is 5.45. The Balaban J connectivity index is 1.55. The fraction of sp³-hybridized carbons (Fsp3) is 0.391. The maximum atomic E-state index is 12.7. The van der Waals surface area contributed by atoms with E-state index in [2.05, 4.69) is 15.5 Å². The lowest BCUT2D eigenvalue weighted by molar-refractivity contribution is -0.129. The Kier molecular flexibility index (Phi) is 6.82. The predicted molar refractivity (Wildman–Crippen MR) is 112 cm³/mol. The Morgan fingerprint density at radius 2 is 1.64 bits per heavy atom. The minimum absolute atomic E-state index is 0.000436. The van der Waals surface area contributed by atoms with Crippen molar-refractivity contribution in [2.45, 2.75) is 38.8 Å². The van der Waals surface area contributed by atoms with Gasteiger partial charge in [0.1, 0.15) is 0 Å². The van der Waals surface area contributed by atoms with Crippen LogP contribution in [0.25, 0.3) is 0 Å². The summed E-state index contributed by atoms with van der Waals surface area (Å²) in [7, 11) is 0. The number of likely N-dealkylation sites (tertiary alicyclic amines) is 1. The minimum Gasteiger partial charge on any atom is -0.348 e. The lowest BCUT2D eigenvalue weighted by Crippen LogP contribution is -2.51. The number of piperidine rings is 1. The Morgan fingerprint density at radius 3 is 2.32 bits per heavy atom. The number of benzene rings is 2. The van der Waals surface area contributed by atoms with E-state index in [4.69, 9.17) is 0 Å². The first-order valence-electron chi connectivity index (χ1n) is 10.00. The topological polar surface area (TPSA) is 61.4 Å².